The van der Waals surface area contributed by atoms with E-state index in [4.69, 9.17) is 15.7 Å². The van der Waals surface area contributed by atoms with Crippen molar-refractivity contribution in [1.29, 1.82) is 5.26 Å². The Hall–Kier alpha value is -3.07. The van der Waals surface area contributed by atoms with Gasteiger partial charge in [-0.3, -0.25) is 4.79 Å². The summed E-state index contributed by atoms with van der Waals surface area (Å²) in [5.74, 6) is -0.810. The molecule has 22 heavy (non-hydrogen) atoms. The number of carbonyl (C=O) groups excluding carboxylic acids is 1. The van der Waals surface area contributed by atoms with Crippen LogP contribution in [0.2, 0.25) is 0 Å². The molecule has 2 rings (SSSR count). The van der Waals surface area contributed by atoms with E-state index in [-0.39, 0.29) is 5.56 Å². The Labute approximate surface area is 127 Å². The van der Waals surface area contributed by atoms with Gasteiger partial charge in [-0.05, 0) is 42.5 Å². The standard InChI is InChI=1S/C16H14FN3O2/c17-15-9-12(3-6-14(15)16(19)21)20-7-8-22-13-4-1-11(10-18)2-5-13/h1-6,9,20H,7-8H2,(H2,19,21). The molecule has 0 fully saturated rings. The number of primary amides is 1. The second kappa shape index (κ2) is 7.09. The number of nitrogens with zero attached hydrogens (tertiary/aromatic N) is 1. The molecule has 112 valence electrons. The van der Waals surface area contributed by atoms with Gasteiger partial charge in [-0.25, -0.2) is 4.39 Å². The lowest BCUT2D eigenvalue weighted by molar-refractivity contribution is 0.0996. The van der Waals surface area contributed by atoms with Gasteiger partial charge in [0.1, 0.15) is 18.2 Å². The van der Waals surface area contributed by atoms with E-state index in [1.165, 1.54) is 12.1 Å². The number of benzene rings is 2. The molecule has 0 saturated carbocycles. The first-order valence-corrected chi connectivity index (χ1v) is 6.56. The molecule has 0 heterocycles. The molecule has 0 aromatic heterocycles. The first kappa shape index (κ1) is 15.3. The zero-order chi connectivity index (χ0) is 15.9. The number of carbonyl (C=O) groups is 1. The fourth-order valence-corrected chi connectivity index (χ4v) is 1.81. The molecule has 0 radical (unpaired) electrons. The molecule has 3 N–H and O–H groups in total. The van der Waals surface area contributed by atoms with Crippen LogP contribution in [0.25, 0.3) is 0 Å². The van der Waals surface area contributed by atoms with Gasteiger partial charge in [-0.2, -0.15) is 5.26 Å². The van der Waals surface area contributed by atoms with Crippen LogP contribution in [0.4, 0.5) is 10.1 Å². The van der Waals surface area contributed by atoms with Crippen molar-refractivity contribution >= 4 is 11.6 Å². The van der Waals surface area contributed by atoms with Gasteiger partial charge >= 0.3 is 0 Å². The Morgan fingerprint density at radius 3 is 2.59 bits per heavy atom. The van der Waals surface area contributed by atoms with Gasteiger partial charge in [0.05, 0.1) is 17.2 Å². The summed E-state index contributed by atoms with van der Waals surface area (Å²) in [6.45, 7) is 0.820. The lowest BCUT2D eigenvalue weighted by Crippen LogP contribution is -2.14. The Bertz CT molecular complexity index is 708. The molecule has 0 unspecified atom stereocenters. The minimum absolute atomic E-state index is 0.139. The van der Waals surface area contributed by atoms with E-state index >= 15 is 0 Å². The van der Waals surface area contributed by atoms with Crippen molar-refractivity contribution in [2.45, 2.75) is 0 Å². The van der Waals surface area contributed by atoms with Crippen LogP contribution in [0.3, 0.4) is 0 Å². The van der Waals surface area contributed by atoms with Gasteiger partial charge in [0.15, 0.2) is 0 Å². The van der Waals surface area contributed by atoms with Crippen molar-refractivity contribution in [3.05, 3.63) is 59.4 Å². The minimum Gasteiger partial charge on any atom is -0.492 e. The largest absolute Gasteiger partial charge is 0.492 e. The smallest absolute Gasteiger partial charge is 0.251 e. The summed E-state index contributed by atoms with van der Waals surface area (Å²) >= 11 is 0. The molecule has 0 aliphatic rings. The summed E-state index contributed by atoms with van der Waals surface area (Å²) in [7, 11) is 0. The second-order valence-corrected chi connectivity index (χ2v) is 4.47. The van der Waals surface area contributed by atoms with Crippen LogP contribution in [-0.4, -0.2) is 19.1 Å². The van der Waals surface area contributed by atoms with Crippen molar-refractivity contribution in [2.75, 3.05) is 18.5 Å². The Morgan fingerprint density at radius 1 is 1.27 bits per heavy atom. The van der Waals surface area contributed by atoms with Crippen molar-refractivity contribution < 1.29 is 13.9 Å². The van der Waals surface area contributed by atoms with Crippen LogP contribution in [0, 0.1) is 17.1 Å². The predicted molar refractivity (Wildman–Crippen MR) is 80.1 cm³/mol. The number of hydrogen-bond acceptors (Lipinski definition) is 4. The number of amides is 1. The summed E-state index contributed by atoms with van der Waals surface area (Å²) < 4.78 is 19.0. The van der Waals surface area contributed by atoms with Crippen molar-refractivity contribution in [2.24, 2.45) is 5.73 Å². The van der Waals surface area contributed by atoms with Gasteiger partial charge in [-0.15, -0.1) is 0 Å². The van der Waals surface area contributed by atoms with Crippen molar-refractivity contribution in [3.63, 3.8) is 0 Å². The summed E-state index contributed by atoms with van der Waals surface area (Å²) in [4.78, 5) is 10.9. The molecule has 5 nitrogen and oxygen atoms in total. The SMILES string of the molecule is N#Cc1ccc(OCCNc2ccc(C(N)=O)c(F)c2)cc1. The third-order valence-electron chi connectivity index (χ3n) is 2.92. The van der Waals surface area contributed by atoms with E-state index in [0.717, 1.165) is 0 Å². The molecule has 2 aromatic carbocycles. The van der Waals surface area contributed by atoms with Crippen LogP contribution in [0.1, 0.15) is 15.9 Å². The Morgan fingerprint density at radius 2 is 2.00 bits per heavy atom. The average Bonchev–Trinajstić information content (AvgIpc) is 2.52. The molecular formula is C16H14FN3O2. The van der Waals surface area contributed by atoms with Crippen LogP contribution in [-0.2, 0) is 0 Å². The number of hydrogen-bond donors (Lipinski definition) is 2. The van der Waals surface area contributed by atoms with E-state index in [2.05, 4.69) is 5.32 Å². The number of rotatable bonds is 6. The lowest BCUT2D eigenvalue weighted by atomic mass is 10.2. The molecule has 0 atom stereocenters. The summed E-state index contributed by atoms with van der Waals surface area (Å²) in [6, 6.07) is 12.9. The van der Waals surface area contributed by atoms with Gasteiger partial charge in [0, 0.05) is 12.2 Å². The van der Waals surface area contributed by atoms with Gasteiger partial charge in [-0.1, -0.05) is 0 Å². The van der Waals surface area contributed by atoms with Gasteiger partial charge in [0.2, 0.25) is 0 Å². The summed E-state index contributed by atoms with van der Waals surface area (Å²) in [5, 5.41) is 11.7. The summed E-state index contributed by atoms with van der Waals surface area (Å²) in [5.41, 5.74) is 5.99. The number of nitriles is 1. The third-order valence-corrected chi connectivity index (χ3v) is 2.92. The van der Waals surface area contributed by atoms with Crippen LogP contribution >= 0.6 is 0 Å². The molecule has 6 heteroatoms. The van der Waals surface area contributed by atoms with Crippen LogP contribution in [0.15, 0.2) is 42.5 Å². The van der Waals surface area contributed by atoms with E-state index in [9.17, 15) is 9.18 Å². The highest BCUT2D eigenvalue weighted by Gasteiger charge is 2.08. The quantitative estimate of drug-likeness (QED) is 0.801. The molecule has 1 amide bonds. The topological polar surface area (TPSA) is 88.1 Å². The number of nitrogens with two attached hydrogens (primary N) is 1. The normalized spacial score (nSPS) is 9.82. The fraction of sp³-hybridized carbons (Fsp3) is 0.125. The maximum Gasteiger partial charge on any atom is 0.251 e. The number of halogens is 1. The highest BCUT2D eigenvalue weighted by atomic mass is 19.1. The average molecular weight is 299 g/mol. The maximum absolute atomic E-state index is 13.5. The zero-order valence-electron chi connectivity index (χ0n) is 11.7. The third kappa shape index (κ3) is 3.96. The molecule has 0 bridgehead atoms. The lowest BCUT2D eigenvalue weighted by Gasteiger charge is -2.09. The number of ether oxygens (including phenoxy) is 1. The second-order valence-electron chi connectivity index (χ2n) is 4.47. The minimum atomic E-state index is -0.798. The number of anilines is 1. The molecule has 2 aromatic rings. The van der Waals surface area contributed by atoms with Crippen LogP contribution < -0.4 is 15.8 Å². The fourth-order valence-electron chi connectivity index (χ4n) is 1.81. The van der Waals surface area contributed by atoms with Crippen molar-refractivity contribution in [1.82, 2.24) is 0 Å². The first-order chi connectivity index (χ1) is 10.6. The molecule has 0 spiro atoms. The molecular weight excluding hydrogens is 285 g/mol. The molecule has 0 aliphatic carbocycles. The number of nitrogens with one attached hydrogen (secondary N) is 1. The Balaban J connectivity index is 1.82. The van der Waals surface area contributed by atoms with E-state index in [1.54, 1.807) is 30.3 Å². The highest BCUT2D eigenvalue weighted by Crippen LogP contribution is 2.14. The van der Waals surface area contributed by atoms with E-state index < -0.39 is 11.7 Å². The predicted octanol–water partition coefficient (Wildman–Crippen LogP) is 2.29. The molecule has 0 saturated heterocycles. The zero-order valence-corrected chi connectivity index (χ0v) is 11.7. The Kier molecular flexibility index (Phi) is 4.94. The molecule has 0 aliphatic heterocycles. The maximum atomic E-state index is 13.5. The van der Waals surface area contributed by atoms with E-state index in [0.29, 0.717) is 30.2 Å². The first-order valence-electron chi connectivity index (χ1n) is 6.56. The van der Waals surface area contributed by atoms with Gasteiger partial charge < -0.3 is 15.8 Å². The highest BCUT2D eigenvalue weighted by molar-refractivity contribution is 5.93. The van der Waals surface area contributed by atoms with Crippen molar-refractivity contribution in [3.8, 4) is 11.8 Å². The van der Waals surface area contributed by atoms with Crippen LogP contribution in [0.5, 0.6) is 5.75 Å². The van der Waals surface area contributed by atoms with E-state index in [1.807, 2.05) is 6.07 Å². The summed E-state index contributed by atoms with van der Waals surface area (Å²) in [6.07, 6.45) is 0. The van der Waals surface area contributed by atoms with Gasteiger partial charge in [0.25, 0.3) is 5.91 Å². The monoisotopic (exact) mass is 299 g/mol.